The first-order chi connectivity index (χ1) is 9.69. The first-order valence-corrected chi connectivity index (χ1v) is 7.31. The van der Waals surface area contributed by atoms with Crippen LogP contribution in [0.2, 0.25) is 0 Å². The van der Waals surface area contributed by atoms with Crippen molar-refractivity contribution in [3.8, 4) is 5.75 Å². The van der Waals surface area contributed by atoms with Gasteiger partial charge in [-0.15, -0.1) is 0 Å². The largest absolute Gasteiger partial charge is 0.497 e. The molecule has 0 heterocycles. The average molecular weight is 280 g/mol. The Morgan fingerprint density at radius 2 is 2.05 bits per heavy atom. The van der Waals surface area contributed by atoms with Crippen molar-refractivity contribution in [3.05, 3.63) is 29.8 Å². The topological polar surface area (TPSA) is 44.7 Å². The zero-order chi connectivity index (χ0) is 14.8. The third kappa shape index (κ3) is 5.90. The van der Waals surface area contributed by atoms with Crippen LogP contribution in [0.1, 0.15) is 30.9 Å². The minimum Gasteiger partial charge on any atom is -0.497 e. The van der Waals surface area contributed by atoms with E-state index in [2.05, 4.69) is 36.4 Å². The van der Waals surface area contributed by atoms with Crippen LogP contribution in [0.5, 0.6) is 5.75 Å². The Labute approximate surface area is 122 Å². The number of unbranched alkanes of at least 4 members (excludes halogenated alkanes) is 2. The third-order valence-corrected chi connectivity index (χ3v) is 3.45. The molecule has 0 fully saturated rings. The maximum atomic E-state index is 8.74. The van der Waals surface area contributed by atoms with Crippen molar-refractivity contribution < 1.29 is 9.84 Å². The Morgan fingerprint density at radius 3 is 2.70 bits per heavy atom. The number of hydrogen-bond donors (Lipinski definition) is 2. The molecule has 0 aliphatic carbocycles. The molecular weight excluding hydrogens is 252 g/mol. The van der Waals surface area contributed by atoms with Gasteiger partial charge in [-0.2, -0.15) is 0 Å². The molecule has 0 spiro atoms. The van der Waals surface area contributed by atoms with Gasteiger partial charge < -0.3 is 20.1 Å². The zero-order valence-corrected chi connectivity index (χ0v) is 12.9. The van der Waals surface area contributed by atoms with E-state index in [1.165, 1.54) is 5.56 Å². The van der Waals surface area contributed by atoms with E-state index in [1.807, 2.05) is 12.1 Å². The van der Waals surface area contributed by atoms with Crippen molar-refractivity contribution in [1.82, 2.24) is 10.2 Å². The maximum absolute atomic E-state index is 8.74. The second-order valence-electron chi connectivity index (χ2n) is 5.24. The summed E-state index contributed by atoms with van der Waals surface area (Å²) in [6.45, 7) is 2.21. The molecule has 0 aliphatic heterocycles. The van der Waals surface area contributed by atoms with Crippen molar-refractivity contribution >= 4 is 0 Å². The fourth-order valence-electron chi connectivity index (χ4n) is 2.22. The van der Waals surface area contributed by atoms with Gasteiger partial charge in [0.25, 0.3) is 0 Å². The Morgan fingerprint density at radius 1 is 1.25 bits per heavy atom. The summed E-state index contributed by atoms with van der Waals surface area (Å²) >= 11 is 0. The second-order valence-corrected chi connectivity index (χ2v) is 5.24. The highest BCUT2D eigenvalue weighted by atomic mass is 16.5. The molecule has 2 N–H and O–H groups in total. The van der Waals surface area contributed by atoms with Gasteiger partial charge in [0.05, 0.1) is 7.11 Å². The zero-order valence-electron chi connectivity index (χ0n) is 12.9. The number of hydrogen-bond acceptors (Lipinski definition) is 4. The number of nitrogens with one attached hydrogen (secondary N) is 1. The summed E-state index contributed by atoms with van der Waals surface area (Å²) in [4.78, 5) is 2.22. The molecule has 0 aromatic heterocycles. The third-order valence-electron chi connectivity index (χ3n) is 3.45. The summed E-state index contributed by atoms with van der Waals surface area (Å²) in [5, 5.41) is 12.2. The minimum atomic E-state index is 0.296. The molecule has 0 aliphatic rings. The van der Waals surface area contributed by atoms with E-state index >= 15 is 0 Å². The number of likely N-dealkylation sites (N-methyl/N-ethyl adjacent to an activating group) is 1. The number of methoxy groups -OCH3 is 1. The molecule has 1 atom stereocenters. The van der Waals surface area contributed by atoms with Gasteiger partial charge >= 0.3 is 0 Å². The van der Waals surface area contributed by atoms with E-state index in [-0.39, 0.29) is 0 Å². The molecule has 4 heteroatoms. The molecule has 0 saturated heterocycles. The number of nitrogens with zero attached hydrogens (tertiary/aromatic N) is 1. The molecule has 1 unspecified atom stereocenters. The molecule has 20 heavy (non-hydrogen) atoms. The number of benzene rings is 1. The summed E-state index contributed by atoms with van der Waals surface area (Å²) in [6, 6.07) is 8.58. The predicted octanol–water partition coefficient (Wildman–Crippen LogP) is 2.05. The van der Waals surface area contributed by atoms with Crippen molar-refractivity contribution in [1.29, 1.82) is 0 Å². The maximum Gasteiger partial charge on any atom is 0.119 e. The lowest BCUT2D eigenvalue weighted by atomic mass is 10.1. The summed E-state index contributed by atoms with van der Waals surface area (Å²) in [7, 11) is 5.89. The Bertz CT molecular complexity index is 369. The van der Waals surface area contributed by atoms with E-state index in [9.17, 15) is 0 Å². The van der Waals surface area contributed by atoms with Gasteiger partial charge in [0, 0.05) is 19.2 Å². The Hall–Kier alpha value is -1.10. The molecule has 1 aromatic rings. The van der Waals surface area contributed by atoms with Crippen molar-refractivity contribution in [2.24, 2.45) is 0 Å². The van der Waals surface area contributed by atoms with Crippen LogP contribution >= 0.6 is 0 Å². The molecule has 1 aromatic carbocycles. The van der Waals surface area contributed by atoms with Gasteiger partial charge in [0.15, 0.2) is 0 Å². The van der Waals surface area contributed by atoms with Crippen LogP contribution in [0.3, 0.4) is 0 Å². The van der Waals surface area contributed by atoms with Gasteiger partial charge in [-0.3, -0.25) is 0 Å². The van der Waals surface area contributed by atoms with Crippen LogP contribution in [0, 0.1) is 0 Å². The fraction of sp³-hybridized carbons (Fsp3) is 0.625. The van der Waals surface area contributed by atoms with Crippen molar-refractivity contribution in [3.63, 3.8) is 0 Å². The van der Waals surface area contributed by atoms with E-state index in [4.69, 9.17) is 9.84 Å². The molecule has 0 amide bonds. The number of ether oxygens (including phenoxy) is 1. The van der Waals surface area contributed by atoms with E-state index in [0.717, 1.165) is 38.1 Å². The van der Waals surface area contributed by atoms with Gasteiger partial charge in [0.2, 0.25) is 0 Å². The predicted molar refractivity (Wildman–Crippen MR) is 83.2 cm³/mol. The van der Waals surface area contributed by atoms with Gasteiger partial charge in [-0.1, -0.05) is 12.1 Å². The monoisotopic (exact) mass is 280 g/mol. The van der Waals surface area contributed by atoms with Gasteiger partial charge in [-0.05, 0) is 57.6 Å². The number of aliphatic hydroxyl groups is 1. The molecule has 1 rings (SSSR count). The molecule has 0 radical (unpaired) electrons. The molecule has 4 nitrogen and oxygen atoms in total. The average Bonchev–Trinajstić information content (AvgIpc) is 2.46. The summed E-state index contributed by atoms with van der Waals surface area (Å²) in [5.41, 5.74) is 1.26. The van der Waals surface area contributed by atoms with Crippen LogP contribution < -0.4 is 10.1 Å². The van der Waals surface area contributed by atoms with Crippen LogP contribution in [0.15, 0.2) is 24.3 Å². The molecule has 0 bridgehead atoms. The highest BCUT2D eigenvalue weighted by Gasteiger charge is 2.14. The smallest absolute Gasteiger partial charge is 0.119 e. The summed E-state index contributed by atoms with van der Waals surface area (Å²) < 4.78 is 5.29. The van der Waals surface area contributed by atoms with Crippen LogP contribution in [0.25, 0.3) is 0 Å². The van der Waals surface area contributed by atoms with Crippen LogP contribution in [-0.2, 0) is 0 Å². The number of aliphatic hydroxyl groups excluding tert-OH is 1. The van der Waals surface area contributed by atoms with Gasteiger partial charge in [-0.25, -0.2) is 0 Å². The molecular formula is C16H28N2O2. The van der Waals surface area contributed by atoms with Crippen molar-refractivity contribution in [2.45, 2.75) is 25.3 Å². The van der Waals surface area contributed by atoms with Crippen molar-refractivity contribution in [2.75, 3.05) is 40.9 Å². The lowest BCUT2D eigenvalue weighted by Crippen LogP contribution is -2.31. The number of rotatable bonds is 10. The van der Waals surface area contributed by atoms with Crippen LogP contribution in [-0.4, -0.2) is 50.9 Å². The first-order valence-electron chi connectivity index (χ1n) is 7.31. The lowest BCUT2D eigenvalue weighted by Gasteiger charge is -2.25. The molecule has 0 saturated carbocycles. The van der Waals surface area contributed by atoms with E-state index in [0.29, 0.717) is 12.6 Å². The Balaban J connectivity index is 2.47. The summed E-state index contributed by atoms with van der Waals surface area (Å²) in [6.07, 6.45) is 3.09. The van der Waals surface area contributed by atoms with Crippen LogP contribution in [0.4, 0.5) is 0 Å². The standard InChI is InChI=1S/C16H28N2O2/c1-18(2)16(13-17-10-5-4-6-11-19)14-8-7-9-15(12-14)20-3/h7-9,12,16-17,19H,4-6,10-11,13H2,1-3H3. The van der Waals surface area contributed by atoms with E-state index in [1.54, 1.807) is 7.11 Å². The fourth-order valence-corrected chi connectivity index (χ4v) is 2.22. The highest BCUT2D eigenvalue weighted by Crippen LogP contribution is 2.21. The summed E-state index contributed by atoms with van der Waals surface area (Å²) in [5.74, 6) is 0.900. The van der Waals surface area contributed by atoms with Gasteiger partial charge in [0.1, 0.15) is 5.75 Å². The second kappa shape index (κ2) is 9.75. The lowest BCUT2D eigenvalue weighted by molar-refractivity contribution is 0.277. The quantitative estimate of drug-likeness (QED) is 0.644. The minimum absolute atomic E-state index is 0.296. The SMILES string of the molecule is COc1cccc(C(CNCCCCCO)N(C)C)c1. The molecule has 114 valence electrons. The highest BCUT2D eigenvalue weighted by molar-refractivity contribution is 5.30. The normalized spacial score (nSPS) is 12.7. The Kier molecular flexibility index (Phi) is 8.26. The first kappa shape index (κ1) is 17.0. The van der Waals surface area contributed by atoms with E-state index < -0.39 is 0 Å².